The van der Waals surface area contributed by atoms with E-state index in [4.69, 9.17) is 11.6 Å². The van der Waals surface area contributed by atoms with E-state index in [0.717, 1.165) is 28.0 Å². The summed E-state index contributed by atoms with van der Waals surface area (Å²) in [6.45, 7) is 0. The number of halogens is 2. The zero-order chi connectivity index (χ0) is 14.8. The number of hydrogen-bond acceptors (Lipinski definition) is 2. The molecule has 0 unspecified atom stereocenters. The van der Waals surface area contributed by atoms with E-state index in [9.17, 15) is 4.39 Å². The van der Waals surface area contributed by atoms with Crippen LogP contribution < -0.4 is 4.90 Å². The van der Waals surface area contributed by atoms with Crippen LogP contribution in [0.25, 0.3) is 10.9 Å². The van der Waals surface area contributed by atoms with Gasteiger partial charge in [-0.3, -0.25) is 0 Å². The van der Waals surface area contributed by atoms with Gasteiger partial charge in [0.05, 0.1) is 5.52 Å². The van der Waals surface area contributed by atoms with Crippen molar-refractivity contribution < 1.29 is 4.39 Å². The third-order valence-electron chi connectivity index (χ3n) is 3.47. The van der Waals surface area contributed by atoms with Crippen LogP contribution in [0.3, 0.4) is 0 Å². The number of hydrogen-bond donors (Lipinski definition) is 0. The van der Waals surface area contributed by atoms with Crippen molar-refractivity contribution in [2.45, 2.75) is 5.88 Å². The van der Waals surface area contributed by atoms with Gasteiger partial charge in [-0.15, -0.1) is 11.6 Å². The van der Waals surface area contributed by atoms with Crippen LogP contribution in [0.4, 0.5) is 15.9 Å². The summed E-state index contributed by atoms with van der Waals surface area (Å²) in [6.07, 6.45) is 0. The third-order valence-corrected chi connectivity index (χ3v) is 3.76. The predicted molar refractivity (Wildman–Crippen MR) is 85.8 cm³/mol. The molecule has 21 heavy (non-hydrogen) atoms. The lowest BCUT2D eigenvalue weighted by Gasteiger charge is -2.20. The van der Waals surface area contributed by atoms with Crippen molar-refractivity contribution in [1.29, 1.82) is 0 Å². The lowest BCUT2D eigenvalue weighted by molar-refractivity contribution is 0.628. The molecule has 106 valence electrons. The van der Waals surface area contributed by atoms with Crippen molar-refractivity contribution in [2.24, 2.45) is 0 Å². The van der Waals surface area contributed by atoms with Crippen molar-refractivity contribution in [1.82, 2.24) is 4.98 Å². The summed E-state index contributed by atoms with van der Waals surface area (Å²) in [5.74, 6) is 0.889. The van der Waals surface area contributed by atoms with Gasteiger partial charge < -0.3 is 4.90 Å². The van der Waals surface area contributed by atoms with E-state index >= 15 is 0 Å². The van der Waals surface area contributed by atoms with E-state index in [0.29, 0.717) is 5.88 Å². The molecular formula is C17H14ClFN2. The number of benzene rings is 2. The molecule has 3 aromatic rings. The zero-order valence-corrected chi connectivity index (χ0v) is 12.3. The average Bonchev–Trinajstić information content (AvgIpc) is 2.53. The van der Waals surface area contributed by atoms with Crippen molar-refractivity contribution in [2.75, 3.05) is 11.9 Å². The first kappa shape index (κ1) is 13.8. The number of nitrogens with zero attached hydrogens (tertiary/aromatic N) is 2. The van der Waals surface area contributed by atoms with E-state index < -0.39 is 0 Å². The Balaban J connectivity index is 2.12. The van der Waals surface area contributed by atoms with Crippen LogP contribution in [-0.2, 0) is 5.88 Å². The first-order valence-corrected chi connectivity index (χ1v) is 7.16. The molecule has 0 amide bonds. The Labute approximate surface area is 127 Å². The monoisotopic (exact) mass is 300 g/mol. The highest BCUT2D eigenvalue weighted by molar-refractivity contribution is 6.18. The highest BCUT2D eigenvalue weighted by Gasteiger charge is 2.10. The Morgan fingerprint density at radius 2 is 1.90 bits per heavy atom. The number of para-hydroxylation sites is 1. The van der Waals surface area contributed by atoms with Crippen molar-refractivity contribution in [3.05, 3.63) is 66.0 Å². The molecule has 3 rings (SSSR count). The molecule has 1 aromatic heterocycles. The summed E-state index contributed by atoms with van der Waals surface area (Å²) in [5, 5.41) is 1.05. The van der Waals surface area contributed by atoms with Crippen LogP contribution >= 0.6 is 11.6 Å². The Morgan fingerprint density at radius 1 is 1.10 bits per heavy atom. The Kier molecular flexibility index (Phi) is 3.76. The number of aromatic nitrogens is 1. The summed E-state index contributed by atoms with van der Waals surface area (Å²) in [4.78, 5) is 6.49. The van der Waals surface area contributed by atoms with Gasteiger partial charge in [0.25, 0.3) is 0 Å². The van der Waals surface area contributed by atoms with Crippen LogP contribution in [0, 0.1) is 5.82 Å². The minimum atomic E-state index is -0.266. The van der Waals surface area contributed by atoms with Crippen LogP contribution in [0.15, 0.2) is 54.6 Å². The molecule has 0 aliphatic carbocycles. The fraction of sp³-hybridized carbons (Fsp3) is 0.118. The van der Waals surface area contributed by atoms with Crippen molar-refractivity contribution in [3.8, 4) is 0 Å². The Bertz CT molecular complexity index is 789. The second kappa shape index (κ2) is 5.70. The molecular weight excluding hydrogens is 287 g/mol. The summed E-state index contributed by atoms with van der Waals surface area (Å²) < 4.78 is 13.4. The smallest absolute Gasteiger partial charge is 0.133 e. The average molecular weight is 301 g/mol. The normalized spacial score (nSPS) is 10.8. The highest BCUT2D eigenvalue weighted by Crippen LogP contribution is 2.28. The van der Waals surface area contributed by atoms with Crippen LogP contribution in [0.1, 0.15) is 5.56 Å². The quantitative estimate of drug-likeness (QED) is 0.641. The summed E-state index contributed by atoms with van der Waals surface area (Å²) in [6, 6.07) is 16.3. The Hall–Kier alpha value is -2.13. The SMILES string of the molecule is CN(c1cccc(F)c1)c1cc(CCl)c2ccccc2n1. The fourth-order valence-corrected chi connectivity index (χ4v) is 2.55. The molecule has 0 fully saturated rings. The number of alkyl halides is 1. The lowest BCUT2D eigenvalue weighted by atomic mass is 10.1. The molecule has 2 nitrogen and oxygen atoms in total. The van der Waals surface area contributed by atoms with Gasteiger partial charge in [-0.25, -0.2) is 9.37 Å². The lowest BCUT2D eigenvalue weighted by Crippen LogP contribution is -2.12. The predicted octanol–water partition coefficient (Wildman–Crippen LogP) is 4.88. The molecule has 0 bridgehead atoms. The van der Waals surface area contributed by atoms with Gasteiger partial charge in [0.1, 0.15) is 11.6 Å². The molecule has 0 saturated heterocycles. The molecule has 4 heteroatoms. The number of rotatable bonds is 3. The molecule has 1 heterocycles. The second-order valence-electron chi connectivity index (χ2n) is 4.83. The topological polar surface area (TPSA) is 16.1 Å². The third kappa shape index (κ3) is 2.69. The van der Waals surface area contributed by atoms with Gasteiger partial charge in [-0.05, 0) is 35.9 Å². The van der Waals surface area contributed by atoms with Crippen LogP contribution in [0.2, 0.25) is 0 Å². The van der Waals surface area contributed by atoms with Crippen molar-refractivity contribution >= 4 is 34.0 Å². The molecule has 0 atom stereocenters. The van der Waals surface area contributed by atoms with E-state index in [1.54, 1.807) is 6.07 Å². The maximum absolute atomic E-state index is 13.4. The fourth-order valence-electron chi connectivity index (χ4n) is 2.33. The van der Waals surface area contributed by atoms with Gasteiger partial charge in [-0.1, -0.05) is 24.3 Å². The van der Waals surface area contributed by atoms with Gasteiger partial charge in [-0.2, -0.15) is 0 Å². The van der Waals surface area contributed by atoms with Crippen LogP contribution in [0.5, 0.6) is 0 Å². The molecule has 2 aromatic carbocycles. The molecule has 0 N–H and O–H groups in total. The van der Waals surface area contributed by atoms with Crippen LogP contribution in [-0.4, -0.2) is 12.0 Å². The highest BCUT2D eigenvalue weighted by atomic mass is 35.5. The maximum atomic E-state index is 13.4. The van der Waals surface area contributed by atoms with Crippen molar-refractivity contribution in [3.63, 3.8) is 0 Å². The van der Waals surface area contributed by atoms with Gasteiger partial charge in [0, 0.05) is 24.0 Å². The van der Waals surface area contributed by atoms with Gasteiger partial charge in [0.15, 0.2) is 0 Å². The molecule has 0 aliphatic heterocycles. The van der Waals surface area contributed by atoms with E-state index in [2.05, 4.69) is 4.98 Å². The van der Waals surface area contributed by atoms with Gasteiger partial charge in [0.2, 0.25) is 0 Å². The van der Waals surface area contributed by atoms with Gasteiger partial charge >= 0.3 is 0 Å². The van der Waals surface area contributed by atoms with E-state index in [1.807, 2.05) is 48.3 Å². The number of anilines is 2. The first-order valence-electron chi connectivity index (χ1n) is 6.63. The molecule has 0 aliphatic rings. The largest absolute Gasteiger partial charge is 0.329 e. The maximum Gasteiger partial charge on any atom is 0.133 e. The summed E-state index contributed by atoms with van der Waals surface area (Å²) in [7, 11) is 1.86. The second-order valence-corrected chi connectivity index (χ2v) is 5.10. The Morgan fingerprint density at radius 3 is 2.67 bits per heavy atom. The summed E-state index contributed by atoms with van der Waals surface area (Å²) >= 11 is 6.05. The number of fused-ring (bicyclic) bond motifs is 1. The van der Waals surface area contributed by atoms with E-state index in [-0.39, 0.29) is 5.82 Å². The molecule has 0 spiro atoms. The molecule has 0 saturated carbocycles. The first-order chi connectivity index (χ1) is 10.2. The minimum absolute atomic E-state index is 0.266. The number of pyridine rings is 1. The summed E-state index contributed by atoms with van der Waals surface area (Å²) in [5.41, 5.74) is 2.65. The van der Waals surface area contributed by atoms with E-state index in [1.165, 1.54) is 12.1 Å². The molecule has 0 radical (unpaired) electrons. The zero-order valence-electron chi connectivity index (χ0n) is 11.6. The standard InChI is InChI=1S/C17H14ClFN2/c1-21(14-6-4-5-13(19)10-14)17-9-12(11-18)15-7-2-3-8-16(15)20-17/h2-10H,11H2,1H3. The minimum Gasteiger partial charge on any atom is -0.329 e.